The summed E-state index contributed by atoms with van der Waals surface area (Å²) < 4.78 is 5.67. The summed E-state index contributed by atoms with van der Waals surface area (Å²) >= 11 is 0. The number of hydrogen-bond acceptors (Lipinski definition) is 2. The Balaban J connectivity index is 1.51. The summed E-state index contributed by atoms with van der Waals surface area (Å²) in [7, 11) is 0. The second kappa shape index (κ2) is 9.59. The van der Waals surface area contributed by atoms with Gasteiger partial charge in [-0.05, 0) is 19.1 Å². The van der Waals surface area contributed by atoms with Gasteiger partial charge in [-0.1, -0.05) is 72.8 Å². The molecule has 154 valence electrons. The molecule has 1 aliphatic rings. The van der Waals surface area contributed by atoms with Crippen molar-refractivity contribution in [2.24, 2.45) is 0 Å². The zero-order valence-corrected chi connectivity index (χ0v) is 17.5. The van der Waals surface area contributed by atoms with Crippen LogP contribution in [0.5, 0.6) is 5.75 Å². The van der Waals surface area contributed by atoms with E-state index in [2.05, 4.69) is 60.7 Å². The minimum Gasteiger partial charge on any atom is -0.493 e. The highest BCUT2D eigenvalue weighted by atomic mass is 16.5. The van der Waals surface area contributed by atoms with E-state index in [0.29, 0.717) is 17.9 Å². The van der Waals surface area contributed by atoms with Gasteiger partial charge in [-0.3, -0.25) is 4.79 Å². The molecule has 1 heterocycles. The third kappa shape index (κ3) is 4.39. The first-order valence-corrected chi connectivity index (χ1v) is 10.7. The normalized spacial score (nSPS) is 14.7. The van der Waals surface area contributed by atoms with E-state index < -0.39 is 0 Å². The Bertz CT molecular complexity index is 912. The molecule has 0 aromatic heterocycles. The van der Waals surface area contributed by atoms with Gasteiger partial charge in [0, 0.05) is 11.1 Å². The van der Waals surface area contributed by atoms with E-state index in [1.807, 2.05) is 36.1 Å². The molecule has 3 aromatic rings. The Morgan fingerprint density at radius 2 is 1.40 bits per heavy atom. The number of benzene rings is 3. The summed E-state index contributed by atoms with van der Waals surface area (Å²) in [5.41, 5.74) is 3.30. The van der Waals surface area contributed by atoms with Crippen molar-refractivity contribution in [3.05, 3.63) is 102 Å². The summed E-state index contributed by atoms with van der Waals surface area (Å²) in [5, 5.41) is 0. The lowest BCUT2D eigenvalue weighted by Gasteiger charge is -2.37. The lowest BCUT2D eigenvalue weighted by Crippen LogP contribution is -3.15. The van der Waals surface area contributed by atoms with Gasteiger partial charge in [0.25, 0.3) is 5.91 Å². The molecule has 0 saturated carbocycles. The smallest absolute Gasteiger partial charge is 0.258 e. The van der Waals surface area contributed by atoms with Gasteiger partial charge in [0.2, 0.25) is 0 Å². The molecule has 4 heteroatoms. The summed E-state index contributed by atoms with van der Waals surface area (Å²) in [4.78, 5) is 16.6. The van der Waals surface area contributed by atoms with Crippen molar-refractivity contribution in [3.63, 3.8) is 0 Å². The van der Waals surface area contributed by atoms with Crippen LogP contribution >= 0.6 is 0 Å². The number of quaternary nitrogens is 1. The fourth-order valence-electron chi connectivity index (χ4n) is 4.34. The average molecular weight is 402 g/mol. The van der Waals surface area contributed by atoms with Crippen LogP contribution < -0.4 is 9.64 Å². The van der Waals surface area contributed by atoms with Crippen LogP contribution in [0.25, 0.3) is 0 Å². The molecule has 30 heavy (non-hydrogen) atoms. The summed E-state index contributed by atoms with van der Waals surface area (Å²) in [5.74, 6) is 0.736. The van der Waals surface area contributed by atoms with Crippen molar-refractivity contribution in [2.75, 3.05) is 32.8 Å². The third-order valence-corrected chi connectivity index (χ3v) is 5.78. The number of rotatable bonds is 6. The molecule has 0 unspecified atom stereocenters. The van der Waals surface area contributed by atoms with Crippen LogP contribution in [0.1, 0.15) is 34.5 Å². The van der Waals surface area contributed by atoms with Crippen LogP contribution in [0.4, 0.5) is 0 Å². The molecule has 0 atom stereocenters. The quantitative estimate of drug-likeness (QED) is 0.688. The van der Waals surface area contributed by atoms with Crippen LogP contribution in [0, 0.1) is 0 Å². The Hall–Kier alpha value is -3.11. The molecular formula is C26H29N2O2+. The van der Waals surface area contributed by atoms with Crippen molar-refractivity contribution in [3.8, 4) is 5.75 Å². The first-order valence-electron chi connectivity index (χ1n) is 10.7. The highest BCUT2D eigenvalue weighted by Gasteiger charge is 2.32. The maximum atomic E-state index is 13.1. The Morgan fingerprint density at radius 1 is 0.867 bits per heavy atom. The molecule has 1 N–H and O–H groups in total. The molecule has 0 bridgehead atoms. The van der Waals surface area contributed by atoms with Gasteiger partial charge in [-0.15, -0.1) is 0 Å². The van der Waals surface area contributed by atoms with Crippen LogP contribution in [-0.2, 0) is 0 Å². The summed E-state index contributed by atoms with van der Waals surface area (Å²) in [6, 6.07) is 29.2. The zero-order valence-electron chi connectivity index (χ0n) is 17.5. The SMILES string of the molecule is CCOc1ccccc1C(=O)N1CC[NH+](C(c2ccccc2)c2ccccc2)CC1. The monoisotopic (exact) mass is 401 g/mol. The van der Waals surface area contributed by atoms with E-state index in [1.165, 1.54) is 16.0 Å². The van der Waals surface area contributed by atoms with Crippen molar-refractivity contribution in [1.82, 2.24) is 4.90 Å². The van der Waals surface area contributed by atoms with Gasteiger partial charge in [-0.25, -0.2) is 0 Å². The lowest BCUT2D eigenvalue weighted by atomic mass is 9.96. The second-order valence-corrected chi connectivity index (χ2v) is 7.63. The van der Waals surface area contributed by atoms with Crippen LogP contribution in [0.3, 0.4) is 0 Å². The topological polar surface area (TPSA) is 34.0 Å². The summed E-state index contributed by atoms with van der Waals surface area (Å²) in [6.45, 7) is 5.80. The molecule has 0 aliphatic carbocycles. The number of carbonyl (C=O) groups is 1. The van der Waals surface area contributed by atoms with Gasteiger partial charge in [0.1, 0.15) is 11.8 Å². The number of nitrogens with zero attached hydrogens (tertiary/aromatic N) is 1. The van der Waals surface area contributed by atoms with Gasteiger partial charge in [0.15, 0.2) is 0 Å². The molecule has 3 aromatic carbocycles. The van der Waals surface area contributed by atoms with Crippen molar-refractivity contribution >= 4 is 5.91 Å². The number of hydrogen-bond donors (Lipinski definition) is 1. The summed E-state index contributed by atoms with van der Waals surface area (Å²) in [6.07, 6.45) is 0. The van der Waals surface area contributed by atoms with Crippen molar-refractivity contribution in [1.29, 1.82) is 0 Å². The standard InChI is InChI=1S/C26H28N2O2/c1-2-30-24-16-10-9-15-23(24)26(29)28-19-17-27(18-20-28)25(21-11-5-3-6-12-21)22-13-7-4-8-14-22/h3-16,25H,2,17-20H2,1H3/p+1. The maximum Gasteiger partial charge on any atom is 0.258 e. The van der Waals surface area contributed by atoms with Gasteiger partial charge in [0.05, 0.1) is 38.3 Å². The first-order chi connectivity index (χ1) is 14.8. The predicted molar refractivity (Wildman–Crippen MR) is 119 cm³/mol. The predicted octanol–water partition coefficient (Wildman–Crippen LogP) is 3.22. The zero-order chi connectivity index (χ0) is 20.8. The van der Waals surface area contributed by atoms with Gasteiger partial charge >= 0.3 is 0 Å². The van der Waals surface area contributed by atoms with E-state index in [1.54, 1.807) is 0 Å². The molecule has 4 nitrogen and oxygen atoms in total. The number of para-hydroxylation sites is 1. The Labute approximate surface area is 178 Å². The largest absolute Gasteiger partial charge is 0.493 e. The minimum absolute atomic E-state index is 0.0640. The number of nitrogens with one attached hydrogen (secondary N) is 1. The minimum atomic E-state index is 0.0640. The van der Waals surface area contributed by atoms with Crippen LogP contribution in [0.15, 0.2) is 84.9 Å². The highest BCUT2D eigenvalue weighted by molar-refractivity contribution is 5.97. The molecule has 1 aliphatic heterocycles. The van der Waals surface area contributed by atoms with Gasteiger partial charge in [-0.2, -0.15) is 0 Å². The maximum absolute atomic E-state index is 13.1. The molecule has 1 saturated heterocycles. The molecule has 1 amide bonds. The van der Waals surface area contributed by atoms with Crippen LogP contribution in [0.2, 0.25) is 0 Å². The van der Waals surface area contributed by atoms with Crippen molar-refractivity contribution in [2.45, 2.75) is 13.0 Å². The fourth-order valence-corrected chi connectivity index (χ4v) is 4.34. The molecular weight excluding hydrogens is 372 g/mol. The third-order valence-electron chi connectivity index (χ3n) is 5.78. The van der Waals surface area contributed by atoms with E-state index in [-0.39, 0.29) is 11.9 Å². The molecule has 0 radical (unpaired) electrons. The number of amides is 1. The lowest BCUT2D eigenvalue weighted by molar-refractivity contribution is -0.929. The first kappa shape index (κ1) is 20.2. The number of piperazine rings is 1. The van der Waals surface area contributed by atoms with Crippen molar-refractivity contribution < 1.29 is 14.4 Å². The number of carbonyl (C=O) groups excluding carboxylic acids is 1. The average Bonchev–Trinajstić information content (AvgIpc) is 2.81. The van der Waals surface area contributed by atoms with E-state index >= 15 is 0 Å². The number of ether oxygens (including phenoxy) is 1. The second-order valence-electron chi connectivity index (χ2n) is 7.63. The Morgan fingerprint density at radius 3 is 1.97 bits per heavy atom. The molecule has 1 fully saturated rings. The Kier molecular flexibility index (Phi) is 6.45. The fraction of sp³-hybridized carbons (Fsp3) is 0.269. The van der Waals surface area contributed by atoms with Gasteiger partial charge < -0.3 is 14.5 Å². The van der Waals surface area contributed by atoms with E-state index in [0.717, 1.165) is 26.2 Å². The van der Waals surface area contributed by atoms with E-state index in [9.17, 15) is 4.79 Å². The van der Waals surface area contributed by atoms with Crippen LogP contribution in [-0.4, -0.2) is 43.6 Å². The van der Waals surface area contributed by atoms with E-state index in [4.69, 9.17) is 4.74 Å². The molecule has 0 spiro atoms. The highest BCUT2D eigenvalue weighted by Crippen LogP contribution is 2.22. The molecule has 4 rings (SSSR count).